The van der Waals surface area contributed by atoms with Gasteiger partial charge < -0.3 is 5.32 Å². The highest BCUT2D eigenvalue weighted by molar-refractivity contribution is 6.23. The molecule has 4 amide bonds. The summed E-state index contributed by atoms with van der Waals surface area (Å²) < 4.78 is 0. The van der Waals surface area contributed by atoms with E-state index in [9.17, 15) is 19.2 Å². The lowest BCUT2D eigenvalue weighted by atomic mass is 9.83. The largest absolute Gasteiger partial charge is 0.316 e. The number of fused-ring (bicyclic) bond motifs is 2. The number of carbonyl (C=O) groups excluding carboxylic acids is 4. The molecular weight excluding hydrogens is 360 g/mol. The monoisotopic (exact) mass is 382 g/mol. The Kier molecular flexibility index (Phi) is 4.06. The van der Waals surface area contributed by atoms with Crippen LogP contribution in [0.2, 0.25) is 0 Å². The van der Waals surface area contributed by atoms with E-state index in [1.54, 1.807) is 12.1 Å². The van der Waals surface area contributed by atoms with E-state index in [1.807, 2.05) is 6.07 Å². The van der Waals surface area contributed by atoms with Gasteiger partial charge in [-0.3, -0.25) is 34.3 Å². The van der Waals surface area contributed by atoms with Gasteiger partial charge >= 0.3 is 0 Å². The third-order valence-corrected chi connectivity index (χ3v) is 6.40. The van der Waals surface area contributed by atoms with Crippen molar-refractivity contribution in [3.63, 3.8) is 0 Å². The maximum Gasteiger partial charge on any atom is 0.262 e. The van der Waals surface area contributed by atoms with E-state index in [4.69, 9.17) is 0 Å². The summed E-state index contributed by atoms with van der Waals surface area (Å²) in [5.41, 5.74) is 1.69. The second-order valence-electron chi connectivity index (χ2n) is 8.08. The Hall–Kier alpha value is -2.58. The Labute approximate surface area is 162 Å². The van der Waals surface area contributed by atoms with Crippen molar-refractivity contribution < 1.29 is 19.2 Å². The van der Waals surface area contributed by atoms with Crippen LogP contribution >= 0.6 is 0 Å². The molecule has 5 rings (SSSR count). The lowest BCUT2D eigenvalue weighted by Gasteiger charge is -2.51. The molecule has 1 unspecified atom stereocenters. The summed E-state index contributed by atoms with van der Waals surface area (Å²) in [4.78, 5) is 52.6. The maximum absolute atomic E-state index is 12.9. The zero-order valence-electron chi connectivity index (χ0n) is 15.4. The van der Waals surface area contributed by atoms with Gasteiger partial charge in [0, 0.05) is 32.1 Å². The van der Waals surface area contributed by atoms with Gasteiger partial charge in [0.05, 0.1) is 11.1 Å². The number of nitrogens with one attached hydrogen (secondary N) is 2. The van der Waals surface area contributed by atoms with Crippen molar-refractivity contribution in [2.45, 2.75) is 37.9 Å². The zero-order valence-corrected chi connectivity index (χ0v) is 15.4. The Morgan fingerprint density at radius 2 is 1.86 bits per heavy atom. The third kappa shape index (κ3) is 2.67. The Balaban J connectivity index is 1.34. The van der Waals surface area contributed by atoms with Gasteiger partial charge in [-0.05, 0) is 43.0 Å². The lowest BCUT2D eigenvalue weighted by molar-refractivity contribution is -0.136. The van der Waals surface area contributed by atoms with Gasteiger partial charge in [0.1, 0.15) is 6.04 Å². The first kappa shape index (κ1) is 17.5. The summed E-state index contributed by atoms with van der Waals surface area (Å²) in [6.07, 6.45) is 1.44. The lowest BCUT2D eigenvalue weighted by Crippen LogP contribution is -2.62. The number of piperidine rings is 2. The molecule has 3 atom stereocenters. The van der Waals surface area contributed by atoms with Crippen molar-refractivity contribution in [1.29, 1.82) is 0 Å². The predicted molar refractivity (Wildman–Crippen MR) is 98.3 cm³/mol. The van der Waals surface area contributed by atoms with Crippen LogP contribution in [0.3, 0.4) is 0 Å². The minimum atomic E-state index is -0.917. The minimum absolute atomic E-state index is 0.126. The number of hydrogen-bond acceptors (Lipinski definition) is 6. The molecule has 1 aromatic carbocycles. The van der Waals surface area contributed by atoms with Crippen LogP contribution in [0.1, 0.15) is 45.5 Å². The Bertz CT molecular complexity index is 898. The molecule has 3 fully saturated rings. The smallest absolute Gasteiger partial charge is 0.262 e. The van der Waals surface area contributed by atoms with E-state index in [0.717, 1.165) is 43.1 Å². The minimum Gasteiger partial charge on any atom is -0.316 e. The van der Waals surface area contributed by atoms with E-state index in [0.29, 0.717) is 23.1 Å². The molecule has 3 saturated heterocycles. The summed E-state index contributed by atoms with van der Waals surface area (Å²) in [5, 5.41) is 5.64. The predicted octanol–water partition coefficient (Wildman–Crippen LogP) is -0.118. The Morgan fingerprint density at radius 3 is 2.64 bits per heavy atom. The molecule has 4 aliphatic heterocycles. The average molecular weight is 382 g/mol. The van der Waals surface area contributed by atoms with Crippen LogP contribution in [0.25, 0.3) is 0 Å². The zero-order chi connectivity index (χ0) is 19.4. The van der Waals surface area contributed by atoms with Gasteiger partial charge in [0.2, 0.25) is 11.8 Å². The molecule has 0 aliphatic carbocycles. The highest BCUT2D eigenvalue weighted by atomic mass is 16.2. The van der Waals surface area contributed by atoms with Gasteiger partial charge in [-0.2, -0.15) is 0 Å². The molecule has 0 radical (unpaired) electrons. The van der Waals surface area contributed by atoms with E-state index in [2.05, 4.69) is 15.5 Å². The van der Waals surface area contributed by atoms with E-state index >= 15 is 0 Å². The molecule has 0 spiro atoms. The van der Waals surface area contributed by atoms with Gasteiger partial charge in [-0.25, -0.2) is 0 Å². The number of carbonyl (C=O) groups is 4. The SMILES string of the molecule is O=C1CCC(N2C(=O)c3ccc(CN4C[C@@H]5CNCC[C@@H]54)cc3C2=O)C(=O)N1. The molecule has 8 nitrogen and oxygen atoms in total. The van der Waals surface area contributed by atoms with Crippen LogP contribution < -0.4 is 10.6 Å². The van der Waals surface area contributed by atoms with Crippen LogP contribution in [0.5, 0.6) is 0 Å². The van der Waals surface area contributed by atoms with Crippen molar-refractivity contribution in [2.24, 2.45) is 5.92 Å². The fraction of sp³-hybridized carbons (Fsp3) is 0.500. The summed E-state index contributed by atoms with van der Waals surface area (Å²) in [7, 11) is 0. The first-order valence-electron chi connectivity index (χ1n) is 9.82. The summed E-state index contributed by atoms with van der Waals surface area (Å²) in [6.45, 7) is 3.91. The number of imide groups is 2. The van der Waals surface area contributed by atoms with Crippen molar-refractivity contribution >= 4 is 23.6 Å². The molecule has 0 saturated carbocycles. The second kappa shape index (κ2) is 6.49. The number of nitrogens with zero attached hydrogens (tertiary/aromatic N) is 2. The summed E-state index contributed by atoms with van der Waals surface area (Å²) in [6, 6.07) is 5.05. The van der Waals surface area contributed by atoms with Crippen LogP contribution in [-0.2, 0) is 16.1 Å². The first-order valence-corrected chi connectivity index (χ1v) is 9.82. The number of rotatable bonds is 3. The van der Waals surface area contributed by atoms with E-state index < -0.39 is 23.8 Å². The van der Waals surface area contributed by atoms with Crippen LogP contribution in [0.4, 0.5) is 0 Å². The van der Waals surface area contributed by atoms with Crippen molar-refractivity contribution in [1.82, 2.24) is 20.4 Å². The average Bonchev–Trinajstić information content (AvgIpc) is 2.91. The summed E-state index contributed by atoms with van der Waals surface area (Å²) >= 11 is 0. The molecule has 1 aromatic rings. The van der Waals surface area contributed by atoms with E-state index in [-0.39, 0.29) is 18.7 Å². The standard InChI is InChI=1S/C20H22N4O4/c25-17-4-3-16(18(26)22-17)24-19(27)13-2-1-11(7-14(13)20(24)28)9-23-10-12-8-21-6-5-15(12)23/h1-2,7,12,15-16,21H,3-6,8-10H2,(H,22,25,26)/t12-,15-,16?/m0/s1. The van der Waals surface area contributed by atoms with Crippen molar-refractivity contribution in [3.05, 3.63) is 34.9 Å². The van der Waals surface area contributed by atoms with Crippen molar-refractivity contribution in [3.8, 4) is 0 Å². The molecule has 0 aromatic heterocycles. The quantitative estimate of drug-likeness (QED) is 0.708. The molecular formula is C20H22N4O4. The fourth-order valence-electron chi connectivity index (χ4n) is 4.91. The van der Waals surface area contributed by atoms with E-state index in [1.165, 1.54) is 0 Å². The normalized spacial score (nSPS) is 30.0. The van der Waals surface area contributed by atoms with Gasteiger partial charge in [0.15, 0.2) is 0 Å². The van der Waals surface area contributed by atoms with Crippen LogP contribution in [0, 0.1) is 5.92 Å². The third-order valence-electron chi connectivity index (χ3n) is 6.40. The van der Waals surface area contributed by atoms with Gasteiger partial charge in [0.25, 0.3) is 11.8 Å². The number of benzene rings is 1. The first-order chi connectivity index (χ1) is 13.5. The van der Waals surface area contributed by atoms with Crippen LogP contribution in [-0.4, -0.2) is 65.1 Å². The molecule has 0 bridgehead atoms. The molecule has 2 N–H and O–H groups in total. The number of hydrogen-bond donors (Lipinski definition) is 2. The molecule has 8 heteroatoms. The molecule has 28 heavy (non-hydrogen) atoms. The highest BCUT2D eigenvalue weighted by Gasteiger charge is 2.45. The van der Waals surface area contributed by atoms with Gasteiger partial charge in [-0.15, -0.1) is 0 Å². The maximum atomic E-state index is 12.9. The number of likely N-dealkylation sites (tertiary alicyclic amines) is 1. The number of amides is 4. The van der Waals surface area contributed by atoms with Gasteiger partial charge in [-0.1, -0.05) is 6.07 Å². The van der Waals surface area contributed by atoms with Crippen molar-refractivity contribution in [2.75, 3.05) is 19.6 Å². The molecule has 4 heterocycles. The topological polar surface area (TPSA) is 98.8 Å². The Morgan fingerprint density at radius 1 is 1.04 bits per heavy atom. The molecule has 4 aliphatic rings. The summed E-state index contributed by atoms with van der Waals surface area (Å²) in [5.74, 6) is -1.15. The highest BCUT2D eigenvalue weighted by Crippen LogP contribution is 2.33. The second-order valence-corrected chi connectivity index (χ2v) is 8.08. The molecule has 146 valence electrons. The fourth-order valence-corrected chi connectivity index (χ4v) is 4.91. The van der Waals surface area contributed by atoms with Crippen LogP contribution in [0.15, 0.2) is 18.2 Å².